The standard InChI is InChI=1S/C13H14F2N2O2/c1-8(13(18)19)10(6-16)7-17-11-4-2-3-9(5-11)12(14)15/h2-8,12H,16H2,1H3,(H,18,19)/b10-6+,17-7?. The summed E-state index contributed by atoms with van der Waals surface area (Å²) in [5.41, 5.74) is 5.79. The van der Waals surface area contributed by atoms with E-state index in [1.165, 1.54) is 31.3 Å². The molecule has 0 heterocycles. The molecule has 3 N–H and O–H groups in total. The molecule has 1 rings (SSSR count). The van der Waals surface area contributed by atoms with Crippen LogP contribution in [0.25, 0.3) is 0 Å². The maximum atomic E-state index is 12.5. The summed E-state index contributed by atoms with van der Waals surface area (Å²) in [5.74, 6) is -1.85. The molecule has 0 aliphatic heterocycles. The molecule has 0 fully saturated rings. The quantitative estimate of drug-likeness (QED) is 0.806. The number of carboxylic acids is 1. The van der Waals surface area contributed by atoms with Crippen molar-refractivity contribution in [3.05, 3.63) is 41.6 Å². The molecule has 0 bridgehead atoms. The van der Waals surface area contributed by atoms with Crippen LogP contribution in [0.3, 0.4) is 0 Å². The lowest BCUT2D eigenvalue weighted by molar-refractivity contribution is -0.139. The van der Waals surface area contributed by atoms with Crippen molar-refractivity contribution in [3.8, 4) is 0 Å². The van der Waals surface area contributed by atoms with Crippen LogP contribution in [-0.2, 0) is 4.79 Å². The Balaban J connectivity index is 2.92. The van der Waals surface area contributed by atoms with Crippen LogP contribution in [-0.4, -0.2) is 17.3 Å². The van der Waals surface area contributed by atoms with Crippen molar-refractivity contribution in [2.24, 2.45) is 16.6 Å². The smallest absolute Gasteiger partial charge is 0.310 e. The van der Waals surface area contributed by atoms with E-state index in [0.29, 0.717) is 11.3 Å². The van der Waals surface area contributed by atoms with Gasteiger partial charge >= 0.3 is 5.97 Å². The van der Waals surface area contributed by atoms with E-state index in [9.17, 15) is 13.6 Å². The van der Waals surface area contributed by atoms with Crippen LogP contribution >= 0.6 is 0 Å². The third-order valence-electron chi connectivity index (χ3n) is 2.55. The Morgan fingerprint density at radius 2 is 2.16 bits per heavy atom. The lowest BCUT2D eigenvalue weighted by Crippen LogP contribution is -2.14. The molecule has 0 aliphatic carbocycles. The highest BCUT2D eigenvalue weighted by molar-refractivity contribution is 5.89. The zero-order chi connectivity index (χ0) is 14.4. The van der Waals surface area contributed by atoms with Gasteiger partial charge in [0.1, 0.15) is 0 Å². The highest BCUT2D eigenvalue weighted by Gasteiger charge is 2.14. The molecule has 0 radical (unpaired) electrons. The van der Waals surface area contributed by atoms with Gasteiger partial charge in [0.15, 0.2) is 0 Å². The molecular formula is C13H14F2N2O2. The van der Waals surface area contributed by atoms with Crippen LogP contribution < -0.4 is 5.73 Å². The number of nitrogens with zero attached hydrogens (tertiary/aromatic N) is 1. The fourth-order valence-corrected chi connectivity index (χ4v) is 1.33. The molecule has 0 aromatic heterocycles. The summed E-state index contributed by atoms with van der Waals surface area (Å²) in [6, 6.07) is 5.53. The number of rotatable bonds is 5. The molecule has 0 saturated carbocycles. The topological polar surface area (TPSA) is 75.7 Å². The van der Waals surface area contributed by atoms with E-state index in [1.54, 1.807) is 6.07 Å². The van der Waals surface area contributed by atoms with E-state index in [1.807, 2.05) is 0 Å². The number of hydrogen-bond donors (Lipinski definition) is 2. The minimum absolute atomic E-state index is 0.140. The number of aliphatic carboxylic acids is 1. The Hall–Kier alpha value is -2.24. The minimum atomic E-state index is -2.57. The van der Waals surface area contributed by atoms with Crippen LogP contribution in [0.1, 0.15) is 18.9 Å². The Bertz CT molecular complexity index is 513. The highest BCUT2D eigenvalue weighted by Crippen LogP contribution is 2.23. The molecule has 1 atom stereocenters. The predicted octanol–water partition coefficient (Wildman–Crippen LogP) is 2.89. The first-order chi connectivity index (χ1) is 8.95. The summed E-state index contributed by atoms with van der Waals surface area (Å²) in [7, 11) is 0. The number of carboxylic acid groups (broad SMARTS) is 1. The van der Waals surface area contributed by atoms with Crippen LogP contribution in [0.5, 0.6) is 0 Å². The Morgan fingerprint density at radius 1 is 1.47 bits per heavy atom. The summed E-state index contributed by atoms with van der Waals surface area (Å²) < 4.78 is 25.0. The Kier molecular flexibility index (Phi) is 5.17. The molecule has 0 aliphatic rings. The molecule has 1 aromatic rings. The molecule has 19 heavy (non-hydrogen) atoms. The van der Waals surface area contributed by atoms with Crippen molar-refractivity contribution >= 4 is 17.9 Å². The van der Waals surface area contributed by atoms with E-state index in [0.717, 1.165) is 6.20 Å². The number of halogens is 2. The fourth-order valence-electron chi connectivity index (χ4n) is 1.33. The fraction of sp³-hybridized carbons (Fsp3) is 0.231. The lowest BCUT2D eigenvalue weighted by atomic mass is 10.0. The van der Waals surface area contributed by atoms with Gasteiger partial charge in [-0.2, -0.15) is 0 Å². The number of aliphatic imine (C=N–C) groups is 1. The molecule has 102 valence electrons. The number of alkyl halides is 2. The summed E-state index contributed by atoms with van der Waals surface area (Å²) in [6.07, 6.45) is -0.166. The van der Waals surface area contributed by atoms with Gasteiger partial charge in [-0.15, -0.1) is 0 Å². The molecule has 4 nitrogen and oxygen atoms in total. The second-order valence-electron chi connectivity index (χ2n) is 3.88. The first-order valence-electron chi connectivity index (χ1n) is 5.52. The van der Waals surface area contributed by atoms with Crippen molar-refractivity contribution in [1.82, 2.24) is 0 Å². The van der Waals surface area contributed by atoms with Crippen LogP contribution in [0.15, 0.2) is 41.0 Å². The van der Waals surface area contributed by atoms with Crippen LogP contribution in [0.2, 0.25) is 0 Å². The Morgan fingerprint density at radius 3 is 2.68 bits per heavy atom. The first-order valence-corrected chi connectivity index (χ1v) is 5.52. The molecular weight excluding hydrogens is 254 g/mol. The number of nitrogens with two attached hydrogens (primary N) is 1. The molecule has 1 unspecified atom stereocenters. The zero-order valence-corrected chi connectivity index (χ0v) is 10.3. The second kappa shape index (κ2) is 6.63. The number of carbonyl (C=O) groups is 1. The maximum Gasteiger partial charge on any atom is 0.310 e. The van der Waals surface area contributed by atoms with Gasteiger partial charge in [0.2, 0.25) is 0 Å². The minimum Gasteiger partial charge on any atom is -0.481 e. The third-order valence-corrected chi connectivity index (χ3v) is 2.55. The van der Waals surface area contributed by atoms with E-state index in [-0.39, 0.29) is 5.56 Å². The molecule has 0 amide bonds. The van der Waals surface area contributed by atoms with Gasteiger partial charge in [-0.25, -0.2) is 8.78 Å². The van der Waals surface area contributed by atoms with E-state index < -0.39 is 18.3 Å². The second-order valence-corrected chi connectivity index (χ2v) is 3.88. The largest absolute Gasteiger partial charge is 0.481 e. The van der Waals surface area contributed by atoms with Crippen LogP contribution in [0.4, 0.5) is 14.5 Å². The molecule has 6 heteroatoms. The molecule has 1 aromatic carbocycles. The van der Waals surface area contributed by atoms with E-state index in [2.05, 4.69) is 4.99 Å². The number of benzene rings is 1. The van der Waals surface area contributed by atoms with Gasteiger partial charge in [-0.3, -0.25) is 9.79 Å². The van der Waals surface area contributed by atoms with E-state index in [4.69, 9.17) is 10.8 Å². The average Bonchev–Trinajstić information content (AvgIpc) is 2.39. The maximum absolute atomic E-state index is 12.5. The Labute approximate surface area is 109 Å². The van der Waals surface area contributed by atoms with Gasteiger partial charge < -0.3 is 10.8 Å². The summed E-state index contributed by atoms with van der Waals surface area (Å²) in [6.45, 7) is 1.46. The highest BCUT2D eigenvalue weighted by atomic mass is 19.3. The van der Waals surface area contributed by atoms with Gasteiger partial charge in [0.25, 0.3) is 6.43 Å². The average molecular weight is 268 g/mol. The predicted molar refractivity (Wildman–Crippen MR) is 68.6 cm³/mol. The normalized spacial score (nSPS) is 14.0. The summed E-state index contributed by atoms with van der Waals surface area (Å²) in [5, 5.41) is 8.84. The first kappa shape index (κ1) is 14.8. The summed E-state index contributed by atoms with van der Waals surface area (Å²) in [4.78, 5) is 14.8. The van der Waals surface area contributed by atoms with E-state index >= 15 is 0 Å². The van der Waals surface area contributed by atoms with Crippen molar-refractivity contribution in [1.29, 1.82) is 0 Å². The van der Waals surface area contributed by atoms with Gasteiger partial charge in [0.05, 0.1) is 11.6 Å². The number of hydrogen-bond acceptors (Lipinski definition) is 3. The zero-order valence-electron chi connectivity index (χ0n) is 10.3. The van der Waals surface area contributed by atoms with Gasteiger partial charge in [0, 0.05) is 11.8 Å². The van der Waals surface area contributed by atoms with Gasteiger partial charge in [-0.1, -0.05) is 12.1 Å². The van der Waals surface area contributed by atoms with Crippen molar-refractivity contribution in [3.63, 3.8) is 0 Å². The lowest BCUT2D eigenvalue weighted by Gasteiger charge is -2.06. The molecule has 0 spiro atoms. The summed E-state index contributed by atoms with van der Waals surface area (Å²) >= 11 is 0. The monoisotopic (exact) mass is 268 g/mol. The van der Waals surface area contributed by atoms with Gasteiger partial charge in [-0.05, 0) is 30.8 Å². The SMILES string of the molecule is CC(C(=O)O)/C(C=Nc1cccc(C(F)F)c1)=C/N. The van der Waals surface area contributed by atoms with Crippen molar-refractivity contribution in [2.75, 3.05) is 0 Å². The van der Waals surface area contributed by atoms with Crippen molar-refractivity contribution < 1.29 is 18.7 Å². The van der Waals surface area contributed by atoms with Crippen molar-refractivity contribution in [2.45, 2.75) is 13.3 Å². The third kappa shape index (κ3) is 4.17. The molecule has 0 saturated heterocycles. The van der Waals surface area contributed by atoms with Crippen LogP contribution in [0, 0.1) is 5.92 Å².